The lowest BCUT2D eigenvalue weighted by molar-refractivity contribution is 0.267. The third kappa shape index (κ3) is 4.83. The Kier molecular flexibility index (Phi) is 6.65. The molecule has 0 amide bonds. The van der Waals surface area contributed by atoms with Crippen molar-refractivity contribution in [3.8, 4) is 0 Å². The van der Waals surface area contributed by atoms with E-state index in [0.29, 0.717) is 17.9 Å². The summed E-state index contributed by atoms with van der Waals surface area (Å²) in [5, 5.41) is 4.13. The van der Waals surface area contributed by atoms with Crippen molar-refractivity contribution in [1.29, 1.82) is 0 Å². The minimum absolute atomic E-state index is 0.548. The molecule has 1 aromatic carbocycles. The van der Waals surface area contributed by atoms with Gasteiger partial charge in [0.25, 0.3) is 0 Å². The number of nitrogens with two attached hydrogens (primary N) is 1. The van der Waals surface area contributed by atoms with Gasteiger partial charge in [-0.2, -0.15) is 0 Å². The Morgan fingerprint density at radius 1 is 1.35 bits per heavy atom. The van der Waals surface area contributed by atoms with E-state index in [1.54, 1.807) is 0 Å². The third-order valence-corrected chi connectivity index (χ3v) is 5.98. The Labute approximate surface area is 162 Å². The van der Waals surface area contributed by atoms with Gasteiger partial charge in [-0.25, -0.2) is 0 Å². The van der Waals surface area contributed by atoms with Crippen LogP contribution in [0, 0.1) is 12.8 Å². The van der Waals surface area contributed by atoms with E-state index in [9.17, 15) is 0 Å². The van der Waals surface area contributed by atoms with E-state index in [1.807, 2.05) is 6.07 Å². The van der Waals surface area contributed by atoms with Crippen LogP contribution in [-0.4, -0.2) is 56.2 Å². The van der Waals surface area contributed by atoms with E-state index in [0.717, 1.165) is 44.2 Å². The third-order valence-electron chi connectivity index (χ3n) is 5.74. The average molecular weight is 378 g/mol. The van der Waals surface area contributed by atoms with Gasteiger partial charge in [0.2, 0.25) is 0 Å². The SMILES string of the molecule is CCN1CCCC1CNC(N)=NCC1CCN(c2cc(Cl)ccc2C)C1. The van der Waals surface area contributed by atoms with E-state index in [2.05, 4.69) is 46.1 Å². The predicted octanol–water partition coefficient (Wildman–Crippen LogP) is 2.86. The summed E-state index contributed by atoms with van der Waals surface area (Å²) in [4.78, 5) is 9.53. The lowest BCUT2D eigenvalue weighted by atomic mass is 10.1. The summed E-state index contributed by atoms with van der Waals surface area (Å²) in [5.41, 5.74) is 8.62. The molecular weight excluding hydrogens is 346 g/mol. The zero-order valence-electron chi connectivity index (χ0n) is 16.0. The van der Waals surface area contributed by atoms with Crippen LogP contribution < -0.4 is 16.0 Å². The van der Waals surface area contributed by atoms with Crippen molar-refractivity contribution < 1.29 is 0 Å². The molecule has 0 spiro atoms. The highest BCUT2D eigenvalue weighted by atomic mass is 35.5. The normalized spacial score (nSPS) is 24.4. The fraction of sp³-hybridized carbons (Fsp3) is 0.650. The van der Waals surface area contributed by atoms with Crippen LogP contribution >= 0.6 is 11.6 Å². The largest absolute Gasteiger partial charge is 0.371 e. The molecule has 2 saturated heterocycles. The van der Waals surface area contributed by atoms with E-state index in [-0.39, 0.29) is 0 Å². The summed E-state index contributed by atoms with van der Waals surface area (Å²) in [5.74, 6) is 1.14. The fourth-order valence-corrected chi connectivity index (χ4v) is 4.34. The predicted molar refractivity (Wildman–Crippen MR) is 111 cm³/mol. The monoisotopic (exact) mass is 377 g/mol. The minimum atomic E-state index is 0.548. The minimum Gasteiger partial charge on any atom is -0.371 e. The zero-order chi connectivity index (χ0) is 18.5. The van der Waals surface area contributed by atoms with Crippen LogP contribution in [-0.2, 0) is 0 Å². The Bertz CT molecular complexity index is 633. The van der Waals surface area contributed by atoms with Gasteiger partial charge in [0.1, 0.15) is 0 Å². The topological polar surface area (TPSA) is 56.9 Å². The maximum atomic E-state index is 6.17. The second kappa shape index (κ2) is 8.96. The standard InChI is InChI=1S/C20H32ClN5/c1-3-25-9-4-5-18(25)13-24-20(22)23-12-16-8-10-26(14-16)19-11-17(21)7-6-15(19)2/h6-7,11,16,18H,3-5,8-10,12-14H2,1-2H3,(H3,22,23,24). The Morgan fingerprint density at radius 2 is 2.19 bits per heavy atom. The first-order chi connectivity index (χ1) is 12.6. The number of anilines is 1. The van der Waals surface area contributed by atoms with Gasteiger partial charge < -0.3 is 16.0 Å². The van der Waals surface area contributed by atoms with Crippen molar-refractivity contribution in [2.75, 3.05) is 44.2 Å². The smallest absolute Gasteiger partial charge is 0.188 e. The van der Waals surface area contributed by atoms with E-state index >= 15 is 0 Å². The van der Waals surface area contributed by atoms with Crippen LogP contribution in [0.25, 0.3) is 0 Å². The van der Waals surface area contributed by atoms with E-state index in [4.69, 9.17) is 17.3 Å². The molecular formula is C20H32ClN5. The number of rotatable bonds is 6. The molecule has 0 saturated carbocycles. The summed E-state index contributed by atoms with van der Waals surface area (Å²) < 4.78 is 0. The number of aryl methyl sites for hydroxylation is 1. The number of hydrogen-bond donors (Lipinski definition) is 2. The van der Waals surface area contributed by atoms with Gasteiger partial charge >= 0.3 is 0 Å². The molecule has 2 aliphatic heterocycles. The lowest BCUT2D eigenvalue weighted by Crippen LogP contribution is -2.43. The Hall–Kier alpha value is -1.46. The Balaban J connectivity index is 1.46. The summed E-state index contributed by atoms with van der Waals surface area (Å²) >= 11 is 6.17. The average Bonchev–Trinajstić information content (AvgIpc) is 3.29. The molecule has 3 rings (SSSR count). The summed E-state index contributed by atoms with van der Waals surface area (Å²) in [6.45, 7) is 10.5. The van der Waals surface area contributed by atoms with Crippen molar-refractivity contribution in [3.05, 3.63) is 28.8 Å². The molecule has 0 aromatic heterocycles. The Morgan fingerprint density at radius 3 is 3.00 bits per heavy atom. The summed E-state index contributed by atoms with van der Waals surface area (Å²) in [7, 11) is 0. The van der Waals surface area contributed by atoms with Gasteiger partial charge in [-0.1, -0.05) is 24.6 Å². The van der Waals surface area contributed by atoms with Gasteiger partial charge in [-0.15, -0.1) is 0 Å². The zero-order valence-corrected chi connectivity index (χ0v) is 16.8. The van der Waals surface area contributed by atoms with Crippen molar-refractivity contribution in [2.45, 2.75) is 39.2 Å². The van der Waals surface area contributed by atoms with Crippen molar-refractivity contribution in [1.82, 2.24) is 10.2 Å². The van der Waals surface area contributed by atoms with Crippen LogP contribution in [0.5, 0.6) is 0 Å². The van der Waals surface area contributed by atoms with Gasteiger partial charge in [0, 0.05) is 42.9 Å². The molecule has 2 fully saturated rings. The molecule has 2 unspecified atom stereocenters. The van der Waals surface area contributed by atoms with Crippen molar-refractivity contribution in [3.63, 3.8) is 0 Å². The maximum Gasteiger partial charge on any atom is 0.188 e. The first-order valence-electron chi connectivity index (χ1n) is 9.85. The molecule has 0 aliphatic carbocycles. The number of nitrogens with one attached hydrogen (secondary N) is 1. The number of benzene rings is 1. The fourth-order valence-electron chi connectivity index (χ4n) is 4.17. The number of likely N-dealkylation sites (N-methyl/N-ethyl adjacent to an activating group) is 1. The van der Waals surface area contributed by atoms with Crippen molar-refractivity contribution >= 4 is 23.2 Å². The van der Waals surface area contributed by atoms with E-state index < -0.39 is 0 Å². The number of guanidine groups is 1. The quantitative estimate of drug-likeness (QED) is 0.591. The van der Waals surface area contributed by atoms with Crippen LogP contribution in [0.2, 0.25) is 5.02 Å². The van der Waals surface area contributed by atoms with Crippen LogP contribution in [0.3, 0.4) is 0 Å². The molecule has 6 heteroatoms. The van der Waals surface area contributed by atoms with Crippen molar-refractivity contribution in [2.24, 2.45) is 16.6 Å². The first-order valence-corrected chi connectivity index (χ1v) is 10.2. The second-order valence-electron chi connectivity index (χ2n) is 7.56. The number of likely N-dealkylation sites (tertiary alicyclic amines) is 1. The maximum absolute atomic E-state index is 6.17. The van der Waals surface area contributed by atoms with Crippen LogP contribution in [0.1, 0.15) is 31.7 Å². The lowest BCUT2D eigenvalue weighted by Gasteiger charge is -2.23. The molecule has 2 aliphatic rings. The van der Waals surface area contributed by atoms with Crippen LogP contribution in [0.15, 0.2) is 23.2 Å². The number of hydrogen-bond acceptors (Lipinski definition) is 3. The molecule has 5 nitrogen and oxygen atoms in total. The highest BCUT2D eigenvalue weighted by Gasteiger charge is 2.24. The first kappa shape index (κ1) is 19.3. The molecule has 1 aromatic rings. The second-order valence-corrected chi connectivity index (χ2v) is 8.00. The molecule has 26 heavy (non-hydrogen) atoms. The summed E-state index contributed by atoms with van der Waals surface area (Å²) in [6.07, 6.45) is 3.69. The van der Waals surface area contributed by atoms with Gasteiger partial charge in [-0.05, 0) is 62.9 Å². The number of halogens is 1. The molecule has 144 valence electrons. The number of nitrogens with zero attached hydrogens (tertiary/aromatic N) is 3. The van der Waals surface area contributed by atoms with Gasteiger partial charge in [0.05, 0.1) is 0 Å². The van der Waals surface area contributed by atoms with Crippen LogP contribution in [0.4, 0.5) is 5.69 Å². The molecule has 0 radical (unpaired) electrons. The van der Waals surface area contributed by atoms with E-state index in [1.165, 1.54) is 30.6 Å². The summed E-state index contributed by atoms with van der Waals surface area (Å²) in [6, 6.07) is 6.71. The molecule has 2 heterocycles. The molecule has 2 atom stereocenters. The highest BCUT2D eigenvalue weighted by molar-refractivity contribution is 6.30. The number of aliphatic imine (C=N–C) groups is 1. The molecule has 0 bridgehead atoms. The molecule has 3 N–H and O–H groups in total. The highest BCUT2D eigenvalue weighted by Crippen LogP contribution is 2.29. The van der Waals surface area contributed by atoms with Gasteiger partial charge in [-0.3, -0.25) is 9.89 Å². The van der Waals surface area contributed by atoms with Gasteiger partial charge in [0.15, 0.2) is 5.96 Å².